The van der Waals surface area contributed by atoms with Crippen molar-refractivity contribution in [3.8, 4) is 0 Å². The van der Waals surface area contributed by atoms with Gasteiger partial charge in [0, 0.05) is 36.8 Å². The molecule has 1 aliphatic heterocycles. The topological polar surface area (TPSA) is 89.5 Å². The summed E-state index contributed by atoms with van der Waals surface area (Å²) in [5.41, 5.74) is 7.11. The average molecular weight is 314 g/mol. The minimum absolute atomic E-state index is 0. The van der Waals surface area contributed by atoms with Crippen molar-refractivity contribution in [2.45, 2.75) is 26.3 Å². The second-order valence-electron chi connectivity index (χ2n) is 5.44. The highest BCUT2D eigenvalue weighted by molar-refractivity contribution is 5.96. The Hall–Kier alpha value is -1.66. The summed E-state index contributed by atoms with van der Waals surface area (Å²) < 4.78 is 0. The molecular weight excluding hydrogens is 294 g/mol. The number of non-ortho nitro benzene ring substituents is 1. The Bertz CT molecular complexity index is 550. The highest BCUT2D eigenvalue weighted by atomic mass is 35.5. The highest BCUT2D eigenvalue weighted by Crippen LogP contribution is 2.21. The van der Waals surface area contributed by atoms with Crippen molar-refractivity contribution in [3.05, 3.63) is 39.4 Å². The summed E-state index contributed by atoms with van der Waals surface area (Å²) in [6.45, 7) is 5.03. The first-order valence-corrected chi connectivity index (χ1v) is 6.70. The molecule has 1 amide bonds. The average Bonchev–Trinajstić information content (AvgIpc) is 2.41. The second-order valence-corrected chi connectivity index (χ2v) is 5.44. The van der Waals surface area contributed by atoms with E-state index in [9.17, 15) is 14.9 Å². The molecule has 7 heteroatoms. The van der Waals surface area contributed by atoms with Crippen LogP contribution in [0.15, 0.2) is 18.2 Å². The van der Waals surface area contributed by atoms with E-state index in [1.54, 1.807) is 11.8 Å². The van der Waals surface area contributed by atoms with Crippen LogP contribution in [0.3, 0.4) is 0 Å². The third-order valence-electron chi connectivity index (χ3n) is 3.91. The van der Waals surface area contributed by atoms with E-state index in [4.69, 9.17) is 5.73 Å². The Balaban J connectivity index is 0.00000220. The number of hydrogen-bond donors (Lipinski definition) is 1. The predicted octanol–water partition coefficient (Wildman–Crippen LogP) is 2.13. The molecule has 2 rings (SSSR count). The number of nitro groups is 1. The molecule has 1 aromatic carbocycles. The Morgan fingerprint density at radius 3 is 2.67 bits per heavy atom. The Morgan fingerprint density at radius 2 is 2.14 bits per heavy atom. The van der Waals surface area contributed by atoms with E-state index < -0.39 is 4.92 Å². The van der Waals surface area contributed by atoms with Crippen LogP contribution in [0.1, 0.15) is 29.3 Å². The highest BCUT2D eigenvalue weighted by Gasteiger charge is 2.27. The third-order valence-corrected chi connectivity index (χ3v) is 3.91. The lowest BCUT2D eigenvalue weighted by Crippen LogP contribution is -2.48. The lowest BCUT2D eigenvalue weighted by Gasteiger charge is -2.35. The quantitative estimate of drug-likeness (QED) is 0.669. The second kappa shape index (κ2) is 6.87. The van der Waals surface area contributed by atoms with E-state index in [2.05, 4.69) is 0 Å². The summed E-state index contributed by atoms with van der Waals surface area (Å²) >= 11 is 0. The van der Waals surface area contributed by atoms with E-state index >= 15 is 0 Å². The summed E-state index contributed by atoms with van der Waals surface area (Å²) in [4.78, 5) is 24.5. The molecule has 0 bridgehead atoms. The van der Waals surface area contributed by atoms with Crippen molar-refractivity contribution < 1.29 is 9.72 Å². The molecule has 1 heterocycles. The Labute approximate surface area is 129 Å². The Kier molecular flexibility index (Phi) is 5.69. The van der Waals surface area contributed by atoms with Crippen LogP contribution in [0.5, 0.6) is 0 Å². The van der Waals surface area contributed by atoms with E-state index in [0.717, 1.165) is 6.42 Å². The number of nitro benzene ring substituents is 1. The maximum Gasteiger partial charge on any atom is 0.269 e. The number of carbonyl (C=O) groups excluding carboxylic acids is 1. The van der Waals surface area contributed by atoms with Gasteiger partial charge in [-0.15, -0.1) is 12.4 Å². The van der Waals surface area contributed by atoms with E-state index in [1.807, 2.05) is 6.92 Å². The van der Waals surface area contributed by atoms with Gasteiger partial charge in [0.15, 0.2) is 0 Å². The molecule has 1 aromatic rings. The first-order valence-electron chi connectivity index (χ1n) is 6.70. The smallest absolute Gasteiger partial charge is 0.269 e. The van der Waals surface area contributed by atoms with Crippen LogP contribution in [0.25, 0.3) is 0 Å². The van der Waals surface area contributed by atoms with Gasteiger partial charge in [-0.3, -0.25) is 14.9 Å². The number of benzene rings is 1. The normalized spacial score (nSPS) is 21.6. The van der Waals surface area contributed by atoms with Crippen LogP contribution in [-0.2, 0) is 0 Å². The van der Waals surface area contributed by atoms with Gasteiger partial charge < -0.3 is 10.6 Å². The summed E-state index contributed by atoms with van der Waals surface area (Å²) in [6.07, 6.45) is 0.791. The molecule has 6 nitrogen and oxygen atoms in total. The zero-order valence-electron chi connectivity index (χ0n) is 12.1. The summed E-state index contributed by atoms with van der Waals surface area (Å²) in [7, 11) is 0. The number of likely N-dealkylation sites (tertiary alicyclic amines) is 1. The molecule has 1 saturated heterocycles. The molecule has 2 unspecified atom stereocenters. The van der Waals surface area contributed by atoms with Crippen molar-refractivity contribution in [1.29, 1.82) is 0 Å². The first-order chi connectivity index (χ1) is 9.40. The predicted molar refractivity (Wildman–Crippen MR) is 82.7 cm³/mol. The molecule has 21 heavy (non-hydrogen) atoms. The largest absolute Gasteiger partial charge is 0.338 e. The number of nitrogens with zero attached hydrogens (tertiary/aromatic N) is 2. The van der Waals surface area contributed by atoms with Gasteiger partial charge in [0.2, 0.25) is 0 Å². The van der Waals surface area contributed by atoms with Crippen molar-refractivity contribution in [3.63, 3.8) is 0 Å². The fourth-order valence-electron chi connectivity index (χ4n) is 2.52. The monoisotopic (exact) mass is 313 g/mol. The number of halogens is 1. The third kappa shape index (κ3) is 3.71. The molecule has 0 spiro atoms. The summed E-state index contributed by atoms with van der Waals surface area (Å²) in [5, 5.41) is 10.7. The zero-order chi connectivity index (χ0) is 14.9. The van der Waals surface area contributed by atoms with Gasteiger partial charge in [0.1, 0.15) is 0 Å². The molecular formula is C14H20ClN3O3. The minimum Gasteiger partial charge on any atom is -0.338 e. The van der Waals surface area contributed by atoms with Gasteiger partial charge in [0.25, 0.3) is 11.6 Å². The van der Waals surface area contributed by atoms with Crippen LogP contribution >= 0.6 is 12.4 Å². The molecule has 0 aromatic heterocycles. The maximum absolute atomic E-state index is 12.5. The number of amides is 1. The van der Waals surface area contributed by atoms with Gasteiger partial charge in [-0.1, -0.05) is 6.92 Å². The molecule has 2 N–H and O–H groups in total. The molecule has 0 aliphatic carbocycles. The van der Waals surface area contributed by atoms with Gasteiger partial charge >= 0.3 is 0 Å². The van der Waals surface area contributed by atoms with Gasteiger partial charge in [0.05, 0.1) is 4.92 Å². The molecule has 0 saturated carbocycles. The fraction of sp³-hybridized carbons (Fsp3) is 0.500. The molecule has 2 atom stereocenters. The number of piperidine rings is 1. The van der Waals surface area contributed by atoms with Crippen LogP contribution in [0.4, 0.5) is 5.69 Å². The van der Waals surface area contributed by atoms with Crippen molar-refractivity contribution in [1.82, 2.24) is 4.90 Å². The van der Waals surface area contributed by atoms with Gasteiger partial charge in [-0.2, -0.15) is 0 Å². The van der Waals surface area contributed by atoms with Crippen LogP contribution in [0, 0.1) is 23.0 Å². The number of carbonyl (C=O) groups is 1. The minimum atomic E-state index is -0.455. The zero-order valence-corrected chi connectivity index (χ0v) is 12.9. The van der Waals surface area contributed by atoms with Gasteiger partial charge in [-0.05, 0) is 30.9 Å². The SMILES string of the molecule is Cc1cc([N+](=O)[O-])ccc1C(=O)N1CCC(N)C(C)C1.Cl. The lowest BCUT2D eigenvalue weighted by atomic mass is 9.94. The molecule has 116 valence electrons. The first kappa shape index (κ1) is 17.4. The standard InChI is InChI=1S/C14H19N3O3.ClH/c1-9-7-11(17(19)20)3-4-12(9)14(18)16-6-5-13(15)10(2)8-16;/h3-4,7,10,13H,5-6,8,15H2,1-2H3;1H. The van der Waals surface area contributed by atoms with E-state index in [1.165, 1.54) is 18.2 Å². The Morgan fingerprint density at radius 1 is 1.48 bits per heavy atom. The van der Waals surface area contributed by atoms with Crippen molar-refractivity contribution in [2.75, 3.05) is 13.1 Å². The van der Waals surface area contributed by atoms with Crippen molar-refractivity contribution >= 4 is 24.0 Å². The molecule has 0 radical (unpaired) electrons. The molecule has 1 fully saturated rings. The number of hydrogen-bond acceptors (Lipinski definition) is 4. The summed E-state index contributed by atoms with van der Waals surface area (Å²) in [6, 6.07) is 4.48. The van der Waals surface area contributed by atoms with Gasteiger partial charge in [-0.25, -0.2) is 0 Å². The van der Waals surface area contributed by atoms with Crippen molar-refractivity contribution in [2.24, 2.45) is 11.7 Å². The van der Waals surface area contributed by atoms with Crippen LogP contribution in [0.2, 0.25) is 0 Å². The van der Waals surface area contributed by atoms with E-state index in [0.29, 0.717) is 24.2 Å². The van der Waals surface area contributed by atoms with E-state index in [-0.39, 0.29) is 36.0 Å². The molecule has 1 aliphatic rings. The lowest BCUT2D eigenvalue weighted by molar-refractivity contribution is -0.384. The number of aryl methyl sites for hydroxylation is 1. The summed E-state index contributed by atoms with van der Waals surface area (Å²) in [5.74, 6) is 0.196. The number of nitrogens with two attached hydrogens (primary N) is 1. The maximum atomic E-state index is 12.5. The fourth-order valence-corrected chi connectivity index (χ4v) is 2.52. The van der Waals surface area contributed by atoms with Crippen LogP contribution in [-0.4, -0.2) is 34.9 Å². The van der Waals surface area contributed by atoms with Crippen LogP contribution < -0.4 is 5.73 Å². The number of rotatable bonds is 2.